The van der Waals surface area contributed by atoms with Crippen LogP contribution in [-0.2, 0) is 9.59 Å². The molecule has 3 aromatic rings. The van der Waals surface area contributed by atoms with E-state index in [1.54, 1.807) is 6.20 Å². The van der Waals surface area contributed by atoms with Crippen LogP contribution in [0.15, 0.2) is 77.4 Å². The van der Waals surface area contributed by atoms with E-state index in [0.717, 1.165) is 34.6 Å². The molecule has 1 atom stereocenters. The van der Waals surface area contributed by atoms with Crippen LogP contribution in [0.4, 0.5) is 16.5 Å². The van der Waals surface area contributed by atoms with E-state index in [9.17, 15) is 9.59 Å². The number of hydrogen-bond acceptors (Lipinski definition) is 6. The third-order valence-electron chi connectivity index (χ3n) is 6.11. The number of ketones is 1. The van der Waals surface area contributed by atoms with Gasteiger partial charge in [0.1, 0.15) is 0 Å². The van der Waals surface area contributed by atoms with Crippen LogP contribution in [0.25, 0.3) is 0 Å². The second-order valence-corrected chi connectivity index (χ2v) is 10.2. The van der Waals surface area contributed by atoms with Crippen molar-refractivity contribution in [3.63, 3.8) is 0 Å². The molecule has 1 aliphatic carbocycles. The van der Waals surface area contributed by atoms with Crippen LogP contribution in [-0.4, -0.2) is 23.2 Å². The van der Waals surface area contributed by atoms with E-state index >= 15 is 0 Å². The van der Waals surface area contributed by atoms with Crippen LogP contribution < -0.4 is 15.5 Å². The molecule has 2 aromatic carbocycles. The molecule has 6 nitrogen and oxygen atoms in total. The number of Topliss-reactive ketones (excluding diaryl/α,β-unsaturated/α-hetero) is 1. The third-order valence-corrected chi connectivity index (χ3v) is 6.80. The van der Waals surface area contributed by atoms with Gasteiger partial charge in [0.25, 0.3) is 0 Å². The third kappa shape index (κ3) is 4.28. The van der Waals surface area contributed by atoms with Crippen molar-refractivity contribution < 1.29 is 9.59 Å². The van der Waals surface area contributed by atoms with Crippen molar-refractivity contribution >= 4 is 39.5 Å². The minimum Gasteiger partial charge on any atom is -0.357 e. The summed E-state index contributed by atoms with van der Waals surface area (Å²) in [6.07, 6.45) is 2.91. The highest BCUT2D eigenvalue weighted by atomic mass is 32.1. The van der Waals surface area contributed by atoms with Crippen molar-refractivity contribution in [3.8, 4) is 0 Å². The Labute approximate surface area is 197 Å². The molecule has 1 aromatic heterocycles. The van der Waals surface area contributed by atoms with Gasteiger partial charge in [0, 0.05) is 29.3 Å². The largest absolute Gasteiger partial charge is 0.357 e. The molecule has 0 saturated carbocycles. The molecule has 1 amide bonds. The molecule has 168 valence electrons. The summed E-state index contributed by atoms with van der Waals surface area (Å²) in [4.78, 5) is 32.9. The molecule has 2 aliphatic rings. The van der Waals surface area contributed by atoms with E-state index in [0.29, 0.717) is 11.6 Å². The van der Waals surface area contributed by atoms with Crippen LogP contribution >= 0.6 is 11.3 Å². The highest BCUT2D eigenvalue weighted by Crippen LogP contribution is 2.48. The van der Waals surface area contributed by atoms with E-state index in [4.69, 9.17) is 0 Å². The molecular weight excluding hydrogens is 432 g/mol. The molecule has 0 radical (unpaired) electrons. The first kappa shape index (κ1) is 21.4. The molecule has 0 bridgehead atoms. The minimum atomic E-state index is -0.372. The zero-order chi connectivity index (χ0) is 23.0. The van der Waals surface area contributed by atoms with Gasteiger partial charge in [-0.25, -0.2) is 4.98 Å². The van der Waals surface area contributed by atoms with Gasteiger partial charge >= 0.3 is 0 Å². The number of benzene rings is 2. The lowest BCUT2D eigenvalue weighted by Crippen LogP contribution is -2.40. The fraction of sp³-hybridized carbons (Fsp3) is 0.269. The van der Waals surface area contributed by atoms with Gasteiger partial charge in [0.2, 0.25) is 5.91 Å². The number of aromatic nitrogens is 1. The van der Waals surface area contributed by atoms with Gasteiger partial charge in [0.15, 0.2) is 10.9 Å². The van der Waals surface area contributed by atoms with Crippen molar-refractivity contribution in [2.45, 2.75) is 32.7 Å². The Kier molecular flexibility index (Phi) is 5.50. The summed E-state index contributed by atoms with van der Waals surface area (Å²) in [5, 5.41) is 8.85. The predicted molar refractivity (Wildman–Crippen MR) is 132 cm³/mol. The second-order valence-electron chi connectivity index (χ2n) is 9.30. The molecular formula is C26H26N4O2S. The Hall–Kier alpha value is -3.45. The van der Waals surface area contributed by atoms with Gasteiger partial charge in [-0.3, -0.25) is 9.59 Å². The van der Waals surface area contributed by atoms with Crippen molar-refractivity contribution in [2.24, 2.45) is 5.41 Å². The highest BCUT2D eigenvalue weighted by Gasteiger charge is 2.41. The monoisotopic (exact) mass is 458 g/mol. The summed E-state index contributed by atoms with van der Waals surface area (Å²) < 4.78 is 0. The molecule has 2 N–H and O–H groups in total. The van der Waals surface area contributed by atoms with E-state index in [1.165, 1.54) is 11.3 Å². The molecule has 0 spiro atoms. The van der Waals surface area contributed by atoms with Gasteiger partial charge in [-0.2, -0.15) is 0 Å². The first-order valence-corrected chi connectivity index (χ1v) is 11.9. The average Bonchev–Trinajstić information content (AvgIpc) is 3.24. The van der Waals surface area contributed by atoms with E-state index in [2.05, 4.69) is 29.5 Å². The lowest BCUT2D eigenvalue weighted by molar-refractivity contribution is -0.119. The first-order chi connectivity index (χ1) is 15.9. The fourth-order valence-electron chi connectivity index (χ4n) is 4.81. The second kappa shape index (κ2) is 8.48. The molecule has 7 heteroatoms. The predicted octanol–water partition coefficient (Wildman–Crippen LogP) is 5.40. The molecule has 1 aliphatic heterocycles. The number of para-hydroxylation sites is 2. The molecule has 5 rings (SSSR count). The molecule has 0 fully saturated rings. The van der Waals surface area contributed by atoms with Crippen molar-refractivity contribution in [2.75, 3.05) is 22.1 Å². The molecule has 0 unspecified atom stereocenters. The van der Waals surface area contributed by atoms with Gasteiger partial charge in [0.05, 0.1) is 24.0 Å². The van der Waals surface area contributed by atoms with Crippen molar-refractivity contribution in [1.29, 1.82) is 0 Å². The maximum absolute atomic E-state index is 13.6. The number of fused-ring (bicyclic) bond motifs is 1. The van der Waals surface area contributed by atoms with Crippen LogP contribution in [0.2, 0.25) is 0 Å². The maximum Gasteiger partial charge on any atom is 0.245 e. The molecule has 0 saturated heterocycles. The summed E-state index contributed by atoms with van der Waals surface area (Å²) >= 11 is 1.38. The number of thiazole rings is 1. The zero-order valence-electron chi connectivity index (χ0n) is 18.7. The first-order valence-electron chi connectivity index (χ1n) is 11.0. The SMILES string of the molecule is CC1(C)CC(=O)C2=C(C1)Nc1ccccc1N(CC(=O)Nc1nccs1)[C@@H]2c1ccccc1. The number of amides is 1. The number of nitrogens with zero attached hydrogens (tertiary/aromatic N) is 2. The normalized spacial score (nSPS) is 19.3. The van der Waals surface area contributed by atoms with Gasteiger partial charge in [-0.1, -0.05) is 56.3 Å². The Morgan fingerprint density at radius 2 is 1.91 bits per heavy atom. The van der Waals surface area contributed by atoms with Crippen molar-refractivity contribution in [1.82, 2.24) is 4.98 Å². The number of carbonyl (C=O) groups excluding carboxylic acids is 2. The van der Waals surface area contributed by atoms with E-state index in [1.807, 2.05) is 64.9 Å². The lowest BCUT2D eigenvalue weighted by atomic mass is 9.73. The summed E-state index contributed by atoms with van der Waals surface area (Å²) in [5.74, 6) is -0.0472. The molecule has 33 heavy (non-hydrogen) atoms. The Bertz CT molecular complexity index is 1220. The van der Waals surface area contributed by atoms with Crippen LogP contribution in [0.3, 0.4) is 0 Å². The number of allylic oxidation sites excluding steroid dienone is 1. The zero-order valence-corrected chi connectivity index (χ0v) is 19.5. The van der Waals surface area contributed by atoms with Gasteiger partial charge in [-0.15, -0.1) is 11.3 Å². The number of anilines is 3. The van der Waals surface area contributed by atoms with E-state index < -0.39 is 0 Å². The van der Waals surface area contributed by atoms with E-state index in [-0.39, 0.29) is 29.7 Å². The average molecular weight is 459 g/mol. The maximum atomic E-state index is 13.6. The summed E-state index contributed by atoms with van der Waals surface area (Å²) in [6.45, 7) is 4.35. The van der Waals surface area contributed by atoms with Crippen LogP contribution in [0.1, 0.15) is 38.3 Å². The highest BCUT2D eigenvalue weighted by molar-refractivity contribution is 7.13. The van der Waals surface area contributed by atoms with Gasteiger partial charge in [-0.05, 0) is 29.5 Å². The summed E-state index contributed by atoms with van der Waals surface area (Å²) in [5.41, 5.74) is 4.34. The summed E-state index contributed by atoms with van der Waals surface area (Å²) in [7, 11) is 0. The standard InChI is InChI=1S/C26H26N4O2S/c1-26(2)14-19-23(21(31)15-26)24(17-8-4-3-5-9-17)30(20-11-7-6-10-18(20)28-19)16-22(32)29-25-27-12-13-33-25/h3-13,24,28H,14-16H2,1-2H3,(H,27,29,32)/t24-/m1/s1. The quantitative estimate of drug-likeness (QED) is 0.548. The number of carbonyl (C=O) groups is 2. The lowest BCUT2D eigenvalue weighted by Gasteiger charge is -2.37. The minimum absolute atomic E-state index is 0.0886. The topological polar surface area (TPSA) is 74.3 Å². The number of hydrogen-bond donors (Lipinski definition) is 2. The fourth-order valence-corrected chi connectivity index (χ4v) is 5.35. The number of rotatable bonds is 4. The molecule has 2 heterocycles. The van der Waals surface area contributed by atoms with Crippen LogP contribution in [0.5, 0.6) is 0 Å². The van der Waals surface area contributed by atoms with Gasteiger partial charge < -0.3 is 15.5 Å². The Morgan fingerprint density at radius 3 is 2.67 bits per heavy atom. The number of nitrogens with one attached hydrogen (secondary N) is 2. The Balaban J connectivity index is 1.65. The van der Waals surface area contributed by atoms with Crippen molar-refractivity contribution in [3.05, 3.63) is 83.0 Å². The smallest absolute Gasteiger partial charge is 0.245 e. The summed E-state index contributed by atoms with van der Waals surface area (Å²) in [6, 6.07) is 17.5. The Morgan fingerprint density at radius 1 is 1.15 bits per heavy atom. The van der Waals surface area contributed by atoms with Crippen LogP contribution in [0, 0.1) is 5.41 Å².